The summed E-state index contributed by atoms with van der Waals surface area (Å²) in [6, 6.07) is 11.4. The molecule has 0 amide bonds. The van der Waals surface area contributed by atoms with E-state index in [4.69, 9.17) is 0 Å². The summed E-state index contributed by atoms with van der Waals surface area (Å²) in [6.45, 7) is 2.36. The van der Waals surface area contributed by atoms with E-state index in [1.807, 2.05) is 0 Å². The molecule has 3 aliphatic carbocycles. The van der Waals surface area contributed by atoms with E-state index >= 15 is 0 Å². The van der Waals surface area contributed by atoms with Crippen LogP contribution < -0.4 is 0 Å². The van der Waals surface area contributed by atoms with E-state index in [0.29, 0.717) is 0 Å². The third-order valence-corrected chi connectivity index (χ3v) is 8.18. The van der Waals surface area contributed by atoms with Crippen molar-refractivity contribution >= 4 is 0 Å². The van der Waals surface area contributed by atoms with Crippen LogP contribution in [0.15, 0.2) is 30.3 Å². The molecule has 0 aromatic heterocycles. The summed E-state index contributed by atoms with van der Waals surface area (Å²) in [5.41, 5.74) is 1.61. The van der Waals surface area contributed by atoms with Gasteiger partial charge in [0.15, 0.2) is 0 Å². The lowest BCUT2D eigenvalue weighted by atomic mass is 9.60. The Bertz CT molecular complexity index is 510. The van der Waals surface area contributed by atoms with Gasteiger partial charge in [0.25, 0.3) is 0 Å². The average Bonchev–Trinajstić information content (AvgIpc) is 2.69. The SMILES string of the molecule is CCCC1CCC(C2CCC3CC(c4ccccc4)CCC3C2)CC1. The molecule has 0 spiro atoms. The monoisotopic (exact) mass is 338 g/mol. The highest BCUT2D eigenvalue weighted by Crippen LogP contribution is 2.50. The second-order valence-corrected chi connectivity index (χ2v) is 9.58. The zero-order chi connectivity index (χ0) is 17.1. The molecule has 0 bridgehead atoms. The zero-order valence-electron chi connectivity index (χ0n) is 16.3. The lowest BCUT2D eigenvalue weighted by molar-refractivity contribution is 0.0712. The fourth-order valence-electron chi connectivity index (χ4n) is 6.74. The molecule has 4 rings (SSSR count). The molecule has 1 aromatic rings. The van der Waals surface area contributed by atoms with Gasteiger partial charge in [0, 0.05) is 0 Å². The molecule has 25 heavy (non-hydrogen) atoms. The van der Waals surface area contributed by atoms with E-state index in [1.165, 1.54) is 38.5 Å². The molecule has 4 atom stereocenters. The van der Waals surface area contributed by atoms with Crippen LogP contribution in [0.3, 0.4) is 0 Å². The maximum Gasteiger partial charge on any atom is -0.0159 e. The Labute approximate surface area is 155 Å². The van der Waals surface area contributed by atoms with Gasteiger partial charge in [-0.2, -0.15) is 0 Å². The highest BCUT2D eigenvalue weighted by Gasteiger charge is 2.38. The first kappa shape index (κ1) is 17.6. The Morgan fingerprint density at radius 2 is 1.28 bits per heavy atom. The lowest BCUT2D eigenvalue weighted by Gasteiger charge is -2.45. The van der Waals surface area contributed by atoms with Gasteiger partial charge in [0.2, 0.25) is 0 Å². The number of fused-ring (bicyclic) bond motifs is 1. The molecule has 0 nitrogen and oxygen atoms in total. The van der Waals surface area contributed by atoms with Crippen molar-refractivity contribution in [3.05, 3.63) is 35.9 Å². The summed E-state index contributed by atoms with van der Waals surface area (Å²) in [5, 5.41) is 0. The van der Waals surface area contributed by atoms with Crippen LogP contribution >= 0.6 is 0 Å². The molecule has 1 aromatic carbocycles. The van der Waals surface area contributed by atoms with Crippen LogP contribution in [0.1, 0.15) is 95.5 Å². The van der Waals surface area contributed by atoms with E-state index in [2.05, 4.69) is 37.3 Å². The molecular formula is C25H38. The summed E-state index contributed by atoms with van der Waals surface area (Å²) >= 11 is 0. The normalized spacial score (nSPS) is 38.9. The van der Waals surface area contributed by atoms with Gasteiger partial charge in [-0.15, -0.1) is 0 Å². The van der Waals surface area contributed by atoms with Crippen LogP contribution in [0.2, 0.25) is 0 Å². The van der Waals surface area contributed by atoms with Crippen molar-refractivity contribution in [2.75, 3.05) is 0 Å². The number of benzene rings is 1. The number of hydrogen-bond acceptors (Lipinski definition) is 0. The molecule has 4 unspecified atom stereocenters. The highest BCUT2D eigenvalue weighted by molar-refractivity contribution is 5.20. The molecule has 3 saturated carbocycles. The highest BCUT2D eigenvalue weighted by atomic mass is 14.4. The molecule has 3 aliphatic rings. The quantitative estimate of drug-likeness (QED) is 0.530. The molecule has 0 N–H and O–H groups in total. The average molecular weight is 339 g/mol. The Hall–Kier alpha value is -0.780. The topological polar surface area (TPSA) is 0 Å². The van der Waals surface area contributed by atoms with E-state index < -0.39 is 0 Å². The second-order valence-electron chi connectivity index (χ2n) is 9.58. The molecule has 138 valence electrons. The smallest absolute Gasteiger partial charge is 0.0159 e. The third kappa shape index (κ3) is 4.15. The summed E-state index contributed by atoms with van der Waals surface area (Å²) in [7, 11) is 0. The van der Waals surface area contributed by atoms with E-state index in [0.717, 1.165) is 35.5 Å². The second kappa shape index (κ2) is 8.28. The van der Waals surface area contributed by atoms with Gasteiger partial charge in [-0.05, 0) is 92.4 Å². The van der Waals surface area contributed by atoms with Crippen LogP contribution in [-0.2, 0) is 0 Å². The molecule has 3 fully saturated rings. The first-order valence-corrected chi connectivity index (χ1v) is 11.4. The predicted molar refractivity (Wildman–Crippen MR) is 108 cm³/mol. The van der Waals surface area contributed by atoms with E-state index in [1.54, 1.807) is 44.1 Å². The van der Waals surface area contributed by atoms with Crippen LogP contribution in [0.5, 0.6) is 0 Å². The van der Waals surface area contributed by atoms with E-state index in [9.17, 15) is 0 Å². The third-order valence-electron chi connectivity index (χ3n) is 8.18. The molecule has 0 aliphatic heterocycles. The van der Waals surface area contributed by atoms with Crippen molar-refractivity contribution in [1.29, 1.82) is 0 Å². The molecule has 0 radical (unpaired) electrons. The Morgan fingerprint density at radius 3 is 2.00 bits per heavy atom. The Balaban J connectivity index is 1.29. The standard InChI is InChI=1S/C25H38/c1-2-6-19-9-11-21(12-10-19)23-14-16-24-17-22(13-15-25(24)18-23)20-7-4-3-5-8-20/h3-5,7-8,19,21-25H,2,6,9-18H2,1H3. The van der Waals surface area contributed by atoms with Crippen molar-refractivity contribution in [2.24, 2.45) is 29.6 Å². The zero-order valence-corrected chi connectivity index (χ0v) is 16.3. The fourth-order valence-corrected chi connectivity index (χ4v) is 6.74. The molecular weight excluding hydrogens is 300 g/mol. The number of hydrogen-bond donors (Lipinski definition) is 0. The maximum absolute atomic E-state index is 2.37. The van der Waals surface area contributed by atoms with Crippen LogP contribution in [0.25, 0.3) is 0 Å². The van der Waals surface area contributed by atoms with Crippen molar-refractivity contribution < 1.29 is 0 Å². The first-order valence-electron chi connectivity index (χ1n) is 11.4. The maximum atomic E-state index is 2.37. The van der Waals surface area contributed by atoms with Crippen LogP contribution in [-0.4, -0.2) is 0 Å². The predicted octanol–water partition coefficient (Wildman–Crippen LogP) is 7.59. The molecule has 0 heteroatoms. The van der Waals surface area contributed by atoms with Gasteiger partial charge >= 0.3 is 0 Å². The van der Waals surface area contributed by atoms with Gasteiger partial charge < -0.3 is 0 Å². The minimum absolute atomic E-state index is 0.850. The van der Waals surface area contributed by atoms with Crippen LogP contribution in [0.4, 0.5) is 0 Å². The van der Waals surface area contributed by atoms with Gasteiger partial charge in [0.1, 0.15) is 0 Å². The van der Waals surface area contributed by atoms with Gasteiger partial charge in [-0.3, -0.25) is 0 Å². The van der Waals surface area contributed by atoms with Crippen molar-refractivity contribution in [3.63, 3.8) is 0 Å². The minimum atomic E-state index is 0.850. The summed E-state index contributed by atoms with van der Waals surface area (Å²) in [4.78, 5) is 0. The Kier molecular flexibility index (Phi) is 5.83. The first-order chi connectivity index (χ1) is 12.3. The summed E-state index contributed by atoms with van der Waals surface area (Å²) in [5.74, 6) is 6.18. The van der Waals surface area contributed by atoms with Crippen molar-refractivity contribution in [3.8, 4) is 0 Å². The fraction of sp³-hybridized carbons (Fsp3) is 0.760. The van der Waals surface area contributed by atoms with Gasteiger partial charge in [0.05, 0.1) is 0 Å². The Morgan fingerprint density at radius 1 is 0.680 bits per heavy atom. The van der Waals surface area contributed by atoms with Gasteiger partial charge in [-0.25, -0.2) is 0 Å². The van der Waals surface area contributed by atoms with Crippen molar-refractivity contribution in [2.45, 2.75) is 89.9 Å². The van der Waals surface area contributed by atoms with Gasteiger partial charge in [-0.1, -0.05) is 62.9 Å². The van der Waals surface area contributed by atoms with E-state index in [-0.39, 0.29) is 0 Å². The molecule has 0 heterocycles. The summed E-state index contributed by atoms with van der Waals surface area (Å²) in [6.07, 6.45) is 18.2. The minimum Gasteiger partial charge on any atom is -0.0654 e. The number of rotatable bonds is 4. The van der Waals surface area contributed by atoms with Crippen molar-refractivity contribution in [1.82, 2.24) is 0 Å². The summed E-state index contributed by atoms with van der Waals surface area (Å²) < 4.78 is 0. The lowest BCUT2D eigenvalue weighted by Crippen LogP contribution is -2.34. The largest absolute Gasteiger partial charge is 0.0654 e. The molecule has 0 saturated heterocycles. The van der Waals surface area contributed by atoms with Crippen LogP contribution in [0, 0.1) is 29.6 Å².